The first-order valence-corrected chi connectivity index (χ1v) is 9.75. The van der Waals surface area contributed by atoms with E-state index in [1.165, 1.54) is 5.57 Å². The largest absolute Gasteiger partial charge is 0.352 e. The molecule has 0 fully saturated rings. The monoisotopic (exact) mass is 436 g/mol. The van der Waals surface area contributed by atoms with Gasteiger partial charge in [0, 0.05) is 31.7 Å². The lowest BCUT2D eigenvalue weighted by Gasteiger charge is -2.28. The summed E-state index contributed by atoms with van der Waals surface area (Å²) in [7, 11) is 0. The molecule has 1 N–H and O–H groups in total. The molecule has 0 radical (unpaired) electrons. The lowest BCUT2D eigenvalue weighted by molar-refractivity contribution is 0.811. The van der Waals surface area contributed by atoms with Crippen LogP contribution in [0.15, 0.2) is 47.7 Å². The van der Waals surface area contributed by atoms with E-state index in [0.717, 1.165) is 52.8 Å². The summed E-state index contributed by atoms with van der Waals surface area (Å²) in [6.07, 6.45) is 12.3. The molecule has 0 amide bonds. The summed E-state index contributed by atoms with van der Waals surface area (Å²) < 4.78 is 2.67. The maximum atomic E-state index is 4.81. The number of rotatable bonds is 3. The van der Waals surface area contributed by atoms with Crippen LogP contribution in [-0.2, 0) is 0 Å². The van der Waals surface area contributed by atoms with E-state index in [1.54, 1.807) is 18.6 Å². The van der Waals surface area contributed by atoms with Crippen molar-refractivity contribution >= 4 is 33.0 Å². The summed E-state index contributed by atoms with van der Waals surface area (Å²) in [6, 6.07) is 1.95. The molecular formula is C19H17BrN8. The molecular weight excluding hydrogens is 420 g/mol. The SMILES string of the molecule is Cc1nc(C2=CCCN(c3ccnc(-c4cnc5cnc(Br)cn45)n3)C2)c[nH]1. The highest BCUT2D eigenvalue weighted by molar-refractivity contribution is 9.10. The number of anilines is 1. The third kappa shape index (κ3) is 3.07. The van der Waals surface area contributed by atoms with Gasteiger partial charge in [-0.1, -0.05) is 6.08 Å². The van der Waals surface area contributed by atoms with Gasteiger partial charge >= 0.3 is 0 Å². The number of hydrogen-bond acceptors (Lipinski definition) is 6. The zero-order chi connectivity index (χ0) is 19.1. The molecule has 0 bridgehead atoms. The molecule has 0 unspecified atom stereocenters. The van der Waals surface area contributed by atoms with Crippen molar-refractivity contribution in [1.29, 1.82) is 0 Å². The maximum absolute atomic E-state index is 4.81. The van der Waals surface area contributed by atoms with Crippen LogP contribution in [0.3, 0.4) is 0 Å². The smallest absolute Gasteiger partial charge is 0.180 e. The van der Waals surface area contributed by atoms with Crippen LogP contribution in [0, 0.1) is 6.92 Å². The number of fused-ring (bicyclic) bond motifs is 1. The fourth-order valence-corrected chi connectivity index (χ4v) is 3.69. The summed E-state index contributed by atoms with van der Waals surface area (Å²) in [4.78, 5) is 27.9. The molecule has 5 heterocycles. The van der Waals surface area contributed by atoms with Crippen molar-refractivity contribution in [3.8, 4) is 11.5 Å². The van der Waals surface area contributed by atoms with Crippen LogP contribution in [0.4, 0.5) is 5.82 Å². The number of halogens is 1. The predicted octanol–water partition coefficient (Wildman–Crippen LogP) is 3.27. The second-order valence-corrected chi connectivity index (χ2v) is 7.44. The minimum atomic E-state index is 0.634. The highest BCUT2D eigenvalue weighted by Crippen LogP contribution is 2.25. The van der Waals surface area contributed by atoms with Crippen LogP contribution < -0.4 is 4.90 Å². The van der Waals surface area contributed by atoms with Gasteiger partial charge in [0.25, 0.3) is 0 Å². The Hall–Kier alpha value is -3.07. The van der Waals surface area contributed by atoms with E-state index >= 15 is 0 Å². The minimum absolute atomic E-state index is 0.634. The zero-order valence-electron chi connectivity index (χ0n) is 15.2. The van der Waals surface area contributed by atoms with Crippen molar-refractivity contribution in [2.45, 2.75) is 13.3 Å². The molecule has 9 heteroatoms. The Bertz CT molecular complexity index is 1190. The number of nitrogens with zero attached hydrogens (tertiary/aromatic N) is 7. The minimum Gasteiger partial charge on any atom is -0.352 e. The molecule has 140 valence electrons. The first-order chi connectivity index (χ1) is 13.7. The van der Waals surface area contributed by atoms with Gasteiger partial charge < -0.3 is 9.88 Å². The van der Waals surface area contributed by atoms with E-state index < -0.39 is 0 Å². The number of imidazole rings is 2. The number of aryl methyl sites for hydroxylation is 1. The van der Waals surface area contributed by atoms with E-state index in [1.807, 2.05) is 29.8 Å². The van der Waals surface area contributed by atoms with Crippen LogP contribution >= 0.6 is 15.9 Å². The Morgan fingerprint density at radius 2 is 2.07 bits per heavy atom. The topological polar surface area (TPSA) is 87.9 Å². The Labute approximate surface area is 169 Å². The Morgan fingerprint density at radius 1 is 1.14 bits per heavy atom. The predicted molar refractivity (Wildman–Crippen MR) is 110 cm³/mol. The first kappa shape index (κ1) is 17.1. The fraction of sp³-hybridized carbons (Fsp3) is 0.211. The Balaban J connectivity index is 1.47. The fourth-order valence-electron chi connectivity index (χ4n) is 3.39. The molecule has 5 rings (SSSR count). The van der Waals surface area contributed by atoms with Crippen LogP contribution in [0.1, 0.15) is 17.9 Å². The summed E-state index contributed by atoms with van der Waals surface area (Å²) in [6.45, 7) is 3.64. The average molecular weight is 437 g/mol. The molecule has 28 heavy (non-hydrogen) atoms. The molecule has 1 aliphatic heterocycles. The molecule has 0 saturated carbocycles. The Kier molecular flexibility index (Phi) is 4.16. The van der Waals surface area contributed by atoms with Gasteiger partial charge in [-0.25, -0.2) is 24.9 Å². The van der Waals surface area contributed by atoms with Crippen molar-refractivity contribution in [2.75, 3.05) is 18.0 Å². The van der Waals surface area contributed by atoms with Gasteiger partial charge in [-0.3, -0.25) is 4.40 Å². The van der Waals surface area contributed by atoms with Gasteiger partial charge in [0.1, 0.15) is 21.9 Å². The number of aromatic nitrogens is 7. The van der Waals surface area contributed by atoms with E-state index in [0.29, 0.717) is 5.82 Å². The summed E-state index contributed by atoms with van der Waals surface area (Å²) >= 11 is 3.41. The molecule has 0 atom stereocenters. The van der Waals surface area contributed by atoms with E-state index in [-0.39, 0.29) is 0 Å². The summed E-state index contributed by atoms with van der Waals surface area (Å²) in [5, 5.41) is 0. The van der Waals surface area contributed by atoms with Crippen molar-refractivity contribution in [3.05, 3.63) is 59.2 Å². The first-order valence-electron chi connectivity index (χ1n) is 8.96. The van der Waals surface area contributed by atoms with Gasteiger partial charge in [0.05, 0.1) is 18.1 Å². The van der Waals surface area contributed by atoms with Crippen LogP contribution in [-0.4, -0.2) is 47.4 Å². The molecule has 0 spiro atoms. The second-order valence-electron chi connectivity index (χ2n) is 6.63. The van der Waals surface area contributed by atoms with Gasteiger partial charge in [0.2, 0.25) is 0 Å². The molecule has 8 nitrogen and oxygen atoms in total. The number of aromatic amines is 1. The highest BCUT2D eigenvalue weighted by Gasteiger charge is 2.18. The van der Waals surface area contributed by atoms with Gasteiger partial charge in [0.15, 0.2) is 11.5 Å². The Morgan fingerprint density at radius 3 is 2.93 bits per heavy atom. The zero-order valence-corrected chi connectivity index (χ0v) is 16.8. The third-order valence-corrected chi connectivity index (χ3v) is 5.15. The second kappa shape index (κ2) is 6.83. The van der Waals surface area contributed by atoms with Crippen LogP contribution in [0.5, 0.6) is 0 Å². The molecule has 1 aliphatic rings. The lowest BCUT2D eigenvalue weighted by Crippen LogP contribution is -2.30. The highest BCUT2D eigenvalue weighted by atomic mass is 79.9. The standard InChI is InChI=1S/C19H17BrN8/c1-12-22-7-14(25-12)13-3-2-6-27(10-13)17-4-5-21-19(26-17)15-8-24-18-9-23-16(20)11-28(15)18/h3-5,7-9,11H,2,6,10H2,1H3,(H,22,25). The van der Waals surface area contributed by atoms with Crippen molar-refractivity contribution in [1.82, 2.24) is 34.3 Å². The molecule has 0 aromatic carbocycles. The number of hydrogen-bond donors (Lipinski definition) is 1. The lowest BCUT2D eigenvalue weighted by atomic mass is 10.1. The van der Waals surface area contributed by atoms with E-state index in [4.69, 9.17) is 4.98 Å². The molecule has 0 saturated heterocycles. The molecule has 4 aromatic heterocycles. The normalized spacial score (nSPS) is 14.5. The summed E-state index contributed by atoms with van der Waals surface area (Å²) in [5.74, 6) is 2.45. The van der Waals surface area contributed by atoms with Crippen LogP contribution in [0.25, 0.3) is 22.7 Å². The van der Waals surface area contributed by atoms with Crippen molar-refractivity contribution in [3.63, 3.8) is 0 Å². The third-order valence-electron chi connectivity index (χ3n) is 4.74. The van der Waals surface area contributed by atoms with Gasteiger partial charge in [-0.05, 0) is 40.9 Å². The number of nitrogens with one attached hydrogen (secondary N) is 1. The van der Waals surface area contributed by atoms with Crippen molar-refractivity contribution in [2.24, 2.45) is 0 Å². The maximum Gasteiger partial charge on any atom is 0.180 e. The van der Waals surface area contributed by atoms with Crippen LogP contribution in [0.2, 0.25) is 0 Å². The van der Waals surface area contributed by atoms with Gasteiger partial charge in [-0.2, -0.15) is 0 Å². The average Bonchev–Trinajstić information content (AvgIpc) is 3.34. The molecule has 4 aromatic rings. The summed E-state index contributed by atoms with van der Waals surface area (Å²) in [5.41, 5.74) is 3.79. The van der Waals surface area contributed by atoms with E-state index in [2.05, 4.69) is 51.8 Å². The van der Waals surface area contributed by atoms with Gasteiger partial charge in [-0.15, -0.1) is 0 Å². The van der Waals surface area contributed by atoms with E-state index in [9.17, 15) is 0 Å². The molecule has 0 aliphatic carbocycles. The number of H-pyrrole nitrogens is 1. The quantitative estimate of drug-likeness (QED) is 0.530. The van der Waals surface area contributed by atoms with Crippen molar-refractivity contribution < 1.29 is 0 Å².